The molecule has 1 aliphatic heterocycles. The van der Waals surface area contributed by atoms with Crippen LogP contribution in [0.3, 0.4) is 0 Å². The molecule has 1 saturated heterocycles. The number of aliphatic carboxylic acids is 1. The Labute approximate surface area is 114 Å². The van der Waals surface area contributed by atoms with Crippen LogP contribution in [0.15, 0.2) is 0 Å². The van der Waals surface area contributed by atoms with Crippen molar-refractivity contribution in [3.05, 3.63) is 0 Å². The van der Waals surface area contributed by atoms with E-state index in [-0.39, 0.29) is 6.03 Å². The number of hydrogen-bond donors (Lipinski definition) is 2. The third-order valence-corrected chi connectivity index (χ3v) is 4.37. The molecule has 2 aliphatic rings. The Balaban J connectivity index is 2.01. The predicted octanol–water partition coefficient (Wildman–Crippen LogP) is 2.07. The van der Waals surface area contributed by atoms with Gasteiger partial charge in [0, 0.05) is 13.1 Å². The molecule has 0 aromatic carbocycles. The standard InChI is InChI=1S/C14H24N2O3/c1-10-7-11(2)9-16(8-10)13(19)15-14(12(17)18)5-3-4-6-14/h10-11H,3-9H2,1-2H3,(H,15,19)(H,17,18). The van der Waals surface area contributed by atoms with Crippen molar-refractivity contribution in [1.29, 1.82) is 0 Å². The Bertz CT molecular complexity index is 354. The number of hydrogen-bond acceptors (Lipinski definition) is 2. The zero-order valence-corrected chi connectivity index (χ0v) is 11.8. The number of carboxylic acid groups (broad SMARTS) is 1. The number of urea groups is 1. The van der Waals surface area contributed by atoms with Crippen LogP contribution >= 0.6 is 0 Å². The summed E-state index contributed by atoms with van der Waals surface area (Å²) in [5.74, 6) is 0.0779. The average Bonchev–Trinajstić information content (AvgIpc) is 2.77. The minimum atomic E-state index is -1.03. The maximum Gasteiger partial charge on any atom is 0.329 e. The Hall–Kier alpha value is -1.26. The van der Waals surface area contributed by atoms with Gasteiger partial charge in [-0.15, -0.1) is 0 Å². The van der Waals surface area contributed by atoms with Crippen molar-refractivity contribution in [2.75, 3.05) is 13.1 Å². The molecule has 0 bridgehead atoms. The van der Waals surface area contributed by atoms with Gasteiger partial charge in [-0.05, 0) is 31.1 Å². The summed E-state index contributed by atoms with van der Waals surface area (Å²) in [4.78, 5) is 25.5. The number of rotatable bonds is 2. The third kappa shape index (κ3) is 3.01. The highest BCUT2D eigenvalue weighted by atomic mass is 16.4. The lowest BCUT2D eigenvalue weighted by Gasteiger charge is -2.37. The van der Waals surface area contributed by atoms with E-state index < -0.39 is 11.5 Å². The molecule has 0 radical (unpaired) electrons. The molecule has 0 spiro atoms. The molecule has 2 fully saturated rings. The molecule has 5 nitrogen and oxygen atoms in total. The van der Waals surface area contributed by atoms with Gasteiger partial charge >= 0.3 is 12.0 Å². The second-order valence-electron chi connectivity index (χ2n) is 6.38. The lowest BCUT2D eigenvalue weighted by atomic mass is 9.92. The highest BCUT2D eigenvalue weighted by Gasteiger charge is 2.43. The number of piperidine rings is 1. The highest BCUT2D eigenvalue weighted by Crippen LogP contribution is 2.30. The summed E-state index contributed by atoms with van der Waals surface area (Å²) in [6, 6.07) is -0.206. The number of nitrogens with one attached hydrogen (secondary N) is 1. The SMILES string of the molecule is CC1CC(C)CN(C(=O)NC2(C(=O)O)CCCC2)C1. The summed E-state index contributed by atoms with van der Waals surface area (Å²) in [5.41, 5.74) is -1.03. The van der Waals surface area contributed by atoms with Crippen LogP contribution in [0, 0.1) is 11.8 Å². The minimum Gasteiger partial charge on any atom is -0.480 e. The van der Waals surface area contributed by atoms with Crippen LogP contribution in [0.2, 0.25) is 0 Å². The van der Waals surface area contributed by atoms with Crippen molar-refractivity contribution < 1.29 is 14.7 Å². The second-order valence-corrected chi connectivity index (χ2v) is 6.38. The molecule has 2 rings (SSSR count). The monoisotopic (exact) mass is 268 g/mol. The quantitative estimate of drug-likeness (QED) is 0.805. The molecule has 0 aromatic heterocycles. The summed E-state index contributed by atoms with van der Waals surface area (Å²) in [6.45, 7) is 5.73. The number of amides is 2. The average molecular weight is 268 g/mol. The zero-order chi connectivity index (χ0) is 14.0. The van der Waals surface area contributed by atoms with Crippen LogP contribution in [0.1, 0.15) is 46.0 Å². The van der Waals surface area contributed by atoms with E-state index in [0.717, 1.165) is 32.4 Å². The fourth-order valence-corrected chi connectivity index (χ4v) is 3.48. The number of carbonyl (C=O) groups excluding carboxylic acids is 1. The second kappa shape index (κ2) is 5.39. The van der Waals surface area contributed by atoms with Crippen LogP contribution in [-0.4, -0.2) is 40.6 Å². The highest BCUT2D eigenvalue weighted by molar-refractivity contribution is 5.86. The molecule has 2 atom stereocenters. The molecule has 2 N–H and O–H groups in total. The van der Waals surface area contributed by atoms with Crippen LogP contribution in [0.4, 0.5) is 4.79 Å². The lowest BCUT2D eigenvalue weighted by molar-refractivity contribution is -0.144. The Morgan fingerprint density at radius 2 is 1.68 bits per heavy atom. The summed E-state index contributed by atoms with van der Waals surface area (Å²) in [6.07, 6.45) is 3.98. The molecule has 0 aromatic rings. The first kappa shape index (κ1) is 14.2. The van der Waals surface area contributed by atoms with Gasteiger partial charge in [0.2, 0.25) is 0 Å². The summed E-state index contributed by atoms with van der Waals surface area (Å²) >= 11 is 0. The minimum absolute atomic E-state index is 0.206. The predicted molar refractivity (Wildman–Crippen MR) is 71.9 cm³/mol. The van der Waals surface area contributed by atoms with Gasteiger partial charge in [0.25, 0.3) is 0 Å². The van der Waals surface area contributed by atoms with Crippen molar-refractivity contribution in [3.63, 3.8) is 0 Å². The topological polar surface area (TPSA) is 69.6 Å². The maximum absolute atomic E-state index is 12.3. The molecule has 2 amide bonds. The third-order valence-electron chi connectivity index (χ3n) is 4.37. The van der Waals surface area contributed by atoms with Crippen LogP contribution < -0.4 is 5.32 Å². The first-order valence-corrected chi connectivity index (χ1v) is 7.23. The number of carboxylic acids is 1. The van der Waals surface area contributed by atoms with E-state index in [9.17, 15) is 14.7 Å². The summed E-state index contributed by atoms with van der Waals surface area (Å²) < 4.78 is 0. The van der Waals surface area contributed by atoms with Gasteiger partial charge in [-0.25, -0.2) is 9.59 Å². The van der Waals surface area contributed by atoms with E-state index in [4.69, 9.17) is 0 Å². The zero-order valence-electron chi connectivity index (χ0n) is 11.8. The molecule has 19 heavy (non-hydrogen) atoms. The van der Waals surface area contributed by atoms with E-state index in [1.165, 1.54) is 0 Å². The summed E-state index contributed by atoms with van der Waals surface area (Å²) in [7, 11) is 0. The van der Waals surface area contributed by atoms with Crippen molar-refractivity contribution >= 4 is 12.0 Å². The Kier molecular flexibility index (Phi) is 4.02. The Morgan fingerprint density at radius 3 is 2.16 bits per heavy atom. The van der Waals surface area contributed by atoms with E-state index in [0.29, 0.717) is 24.7 Å². The van der Waals surface area contributed by atoms with E-state index >= 15 is 0 Å². The van der Waals surface area contributed by atoms with Crippen LogP contribution in [-0.2, 0) is 4.79 Å². The van der Waals surface area contributed by atoms with Gasteiger partial charge in [-0.3, -0.25) is 0 Å². The Morgan fingerprint density at radius 1 is 1.16 bits per heavy atom. The van der Waals surface area contributed by atoms with Crippen molar-refractivity contribution in [2.45, 2.75) is 51.5 Å². The fraction of sp³-hybridized carbons (Fsp3) is 0.857. The van der Waals surface area contributed by atoms with Gasteiger partial charge in [0.15, 0.2) is 0 Å². The molecule has 108 valence electrons. The largest absolute Gasteiger partial charge is 0.480 e. The molecule has 1 saturated carbocycles. The molecular formula is C14H24N2O3. The van der Waals surface area contributed by atoms with E-state index in [2.05, 4.69) is 19.2 Å². The number of nitrogens with zero attached hydrogens (tertiary/aromatic N) is 1. The molecule has 2 unspecified atom stereocenters. The van der Waals surface area contributed by atoms with Crippen LogP contribution in [0.25, 0.3) is 0 Å². The molecule has 1 heterocycles. The molecular weight excluding hydrogens is 244 g/mol. The maximum atomic E-state index is 12.3. The van der Waals surface area contributed by atoms with E-state index in [1.54, 1.807) is 4.90 Å². The van der Waals surface area contributed by atoms with Gasteiger partial charge in [-0.2, -0.15) is 0 Å². The van der Waals surface area contributed by atoms with Crippen molar-refractivity contribution in [3.8, 4) is 0 Å². The first-order chi connectivity index (χ1) is 8.93. The number of carbonyl (C=O) groups is 2. The van der Waals surface area contributed by atoms with Crippen LogP contribution in [0.5, 0.6) is 0 Å². The normalized spacial score (nSPS) is 30.1. The van der Waals surface area contributed by atoms with Gasteiger partial charge < -0.3 is 15.3 Å². The molecule has 1 aliphatic carbocycles. The number of likely N-dealkylation sites (tertiary alicyclic amines) is 1. The van der Waals surface area contributed by atoms with Gasteiger partial charge in [0.05, 0.1) is 0 Å². The molecule has 5 heteroatoms. The van der Waals surface area contributed by atoms with Gasteiger partial charge in [-0.1, -0.05) is 26.7 Å². The first-order valence-electron chi connectivity index (χ1n) is 7.23. The van der Waals surface area contributed by atoms with E-state index in [1.807, 2.05) is 0 Å². The van der Waals surface area contributed by atoms with Crippen molar-refractivity contribution in [1.82, 2.24) is 10.2 Å². The summed E-state index contributed by atoms with van der Waals surface area (Å²) in [5, 5.41) is 12.2. The lowest BCUT2D eigenvalue weighted by Crippen LogP contribution is -2.58. The smallest absolute Gasteiger partial charge is 0.329 e. The van der Waals surface area contributed by atoms with Gasteiger partial charge in [0.1, 0.15) is 5.54 Å². The fourth-order valence-electron chi connectivity index (χ4n) is 3.48. The van der Waals surface area contributed by atoms with Crippen molar-refractivity contribution in [2.24, 2.45) is 11.8 Å².